The van der Waals surface area contributed by atoms with Gasteiger partial charge in [0.1, 0.15) is 6.04 Å². The van der Waals surface area contributed by atoms with Crippen molar-refractivity contribution >= 4 is 46.8 Å². The molecule has 0 aliphatic heterocycles. The molecule has 36 heavy (non-hydrogen) atoms. The molecule has 4 nitrogen and oxygen atoms in total. The molecule has 3 aromatic carbocycles. The van der Waals surface area contributed by atoms with Crippen molar-refractivity contribution in [3.63, 3.8) is 0 Å². The van der Waals surface area contributed by atoms with Crippen molar-refractivity contribution in [3.8, 4) is 0 Å². The van der Waals surface area contributed by atoms with Crippen molar-refractivity contribution in [2.75, 3.05) is 12.3 Å². The standard InChI is InChI=1S/C29H32Cl2N2O2S/c1-21(2)17-32-29(35)27(16-22-9-5-3-6-10-22)33(18-24-13-14-25(30)26(31)15-24)28(34)20-36-19-23-11-7-4-8-12-23/h3-15,21,27H,16-20H2,1-2H3,(H,32,35)/t27-/m1/s1. The normalized spacial score (nSPS) is 11.8. The Morgan fingerprint density at radius 1 is 0.861 bits per heavy atom. The Bertz CT molecular complexity index is 1130. The predicted octanol–water partition coefficient (Wildman–Crippen LogP) is 6.64. The number of rotatable bonds is 12. The van der Waals surface area contributed by atoms with E-state index in [-0.39, 0.29) is 24.1 Å². The number of benzene rings is 3. The number of hydrogen-bond acceptors (Lipinski definition) is 3. The molecule has 3 aromatic rings. The summed E-state index contributed by atoms with van der Waals surface area (Å²) in [5, 5.41) is 3.91. The summed E-state index contributed by atoms with van der Waals surface area (Å²) < 4.78 is 0. The Balaban J connectivity index is 1.86. The summed E-state index contributed by atoms with van der Waals surface area (Å²) in [5.74, 6) is 1.03. The van der Waals surface area contributed by atoms with Crippen LogP contribution in [0.2, 0.25) is 10.0 Å². The molecule has 0 radical (unpaired) electrons. The predicted molar refractivity (Wildman–Crippen MR) is 151 cm³/mol. The van der Waals surface area contributed by atoms with Crippen molar-refractivity contribution in [2.45, 2.75) is 38.6 Å². The van der Waals surface area contributed by atoms with Crippen molar-refractivity contribution in [1.29, 1.82) is 0 Å². The van der Waals surface area contributed by atoms with Gasteiger partial charge in [-0.2, -0.15) is 0 Å². The summed E-state index contributed by atoms with van der Waals surface area (Å²) in [7, 11) is 0. The van der Waals surface area contributed by atoms with Gasteiger partial charge in [-0.15, -0.1) is 11.8 Å². The minimum atomic E-state index is -0.662. The second-order valence-electron chi connectivity index (χ2n) is 9.09. The average molecular weight is 544 g/mol. The van der Waals surface area contributed by atoms with Crippen LogP contribution in [0.5, 0.6) is 0 Å². The summed E-state index contributed by atoms with van der Waals surface area (Å²) in [6.07, 6.45) is 0.418. The maximum atomic E-state index is 13.6. The fourth-order valence-corrected chi connectivity index (χ4v) is 4.92. The minimum Gasteiger partial charge on any atom is -0.354 e. The van der Waals surface area contributed by atoms with E-state index >= 15 is 0 Å². The molecule has 0 heterocycles. The third-order valence-corrected chi connectivity index (χ3v) is 7.36. The second kappa shape index (κ2) is 14.3. The van der Waals surface area contributed by atoms with Crippen LogP contribution in [0.15, 0.2) is 78.9 Å². The maximum Gasteiger partial charge on any atom is 0.243 e. The highest BCUT2D eigenvalue weighted by atomic mass is 35.5. The lowest BCUT2D eigenvalue weighted by Crippen LogP contribution is -2.51. The highest BCUT2D eigenvalue weighted by Gasteiger charge is 2.30. The molecule has 0 aliphatic rings. The van der Waals surface area contributed by atoms with E-state index in [1.807, 2.05) is 80.6 Å². The number of carbonyl (C=O) groups excluding carboxylic acids is 2. The molecule has 0 saturated heterocycles. The third-order valence-electron chi connectivity index (χ3n) is 5.63. The fraction of sp³-hybridized carbons (Fsp3) is 0.310. The smallest absolute Gasteiger partial charge is 0.243 e. The van der Waals surface area contributed by atoms with Crippen LogP contribution in [0.4, 0.5) is 0 Å². The zero-order valence-electron chi connectivity index (χ0n) is 20.6. The van der Waals surface area contributed by atoms with Gasteiger partial charge in [0.2, 0.25) is 11.8 Å². The number of hydrogen-bond donors (Lipinski definition) is 1. The first-order valence-corrected chi connectivity index (χ1v) is 13.9. The Labute approximate surface area is 228 Å². The van der Waals surface area contributed by atoms with Gasteiger partial charge in [-0.3, -0.25) is 9.59 Å². The molecule has 0 bridgehead atoms. The first-order valence-electron chi connectivity index (χ1n) is 12.0. The lowest BCUT2D eigenvalue weighted by atomic mass is 10.0. The molecule has 7 heteroatoms. The van der Waals surface area contributed by atoms with Gasteiger partial charge in [0.15, 0.2) is 0 Å². The second-order valence-corrected chi connectivity index (χ2v) is 10.9. The van der Waals surface area contributed by atoms with E-state index < -0.39 is 6.04 Å². The Hall–Kier alpha value is -2.47. The molecule has 0 unspecified atom stereocenters. The van der Waals surface area contributed by atoms with Gasteiger partial charge in [0, 0.05) is 25.3 Å². The molecular weight excluding hydrogens is 511 g/mol. The van der Waals surface area contributed by atoms with E-state index in [1.54, 1.807) is 28.8 Å². The topological polar surface area (TPSA) is 49.4 Å². The van der Waals surface area contributed by atoms with E-state index in [9.17, 15) is 9.59 Å². The first-order chi connectivity index (χ1) is 17.3. The van der Waals surface area contributed by atoms with Crippen LogP contribution in [-0.2, 0) is 28.3 Å². The minimum absolute atomic E-state index is 0.0948. The quantitative estimate of drug-likeness (QED) is 0.279. The van der Waals surface area contributed by atoms with Gasteiger partial charge in [-0.25, -0.2) is 0 Å². The number of amides is 2. The van der Waals surface area contributed by atoms with E-state index in [0.717, 1.165) is 22.4 Å². The molecule has 1 N–H and O–H groups in total. The molecule has 0 spiro atoms. The molecule has 1 atom stereocenters. The molecule has 0 aliphatic carbocycles. The zero-order chi connectivity index (χ0) is 25.9. The molecule has 0 saturated carbocycles. The number of nitrogens with zero attached hydrogens (tertiary/aromatic N) is 1. The number of nitrogens with one attached hydrogen (secondary N) is 1. The Morgan fingerprint density at radius 3 is 2.11 bits per heavy atom. The number of carbonyl (C=O) groups is 2. The van der Waals surface area contributed by atoms with Crippen LogP contribution in [-0.4, -0.2) is 35.1 Å². The van der Waals surface area contributed by atoms with Crippen molar-refractivity contribution in [2.24, 2.45) is 5.92 Å². The van der Waals surface area contributed by atoms with Gasteiger partial charge in [-0.05, 0) is 34.7 Å². The van der Waals surface area contributed by atoms with Gasteiger partial charge in [0.25, 0.3) is 0 Å². The fourth-order valence-electron chi connectivity index (χ4n) is 3.72. The molecule has 0 aromatic heterocycles. The van der Waals surface area contributed by atoms with Crippen molar-refractivity contribution in [3.05, 3.63) is 106 Å². The van der Waals surface area contributed by atoms with Crippen molar-refractivity contribution < 1.29 is 9.59 Å². The molecule has 190 valence electrons. The van der Waals surface area contributed by atoms with Crippen LogP contribution in [0.3, 0.4) is 0 Å². The first kappa shape index (κ1) is 28.1. The highest BCUT2D eigenvalue weighted by Crippen LogP contribution is 2.25. The van der Waals surface area contributed by atoms with Gasteiger partial charge >= 0.3 is 0 Å². The van der Waals surface area contributed by atoms with Crippen LogP contribution in [0.1, 0.15) is 30.5 Å². The Kier molecular flexibility index (Phi) is 11.2. The van der Waals surface area contributed by atoms with Crippen molar-refractivity contribution in [1.82, 2.24) is 10.2 Å². The van der Waals surface area contributed by atoms with E-state index in [4.69, 9.17) is 23.2 Å². The SMILES string of the molecule is CC(C)CNC(=O)[C@@H](Cc1ccccc1)N(Cc1ccc(Cl)c(Cl)c1)C(=O)CSCc1ccccc1. The highest BCUT2D eigenvalue weighted by molar-refractivity contribution is 7.99. The summed E-state index contributed by atoms with van der Waals surface area (Å²) in [4.78, 5) is 28.8. The molecule has 3 rings (SSSR count). The van der Waals surface area contributed by atoms with Gasteiger partial charge < -0.3 is 10.2 Å². The molecular formula is C29H32Cl2N2O2S. The van der Waals surface area contributed by atoms with Crippen LogP contribution < -0.4 is 5.32 Å². The summed E-state index contributed by atoms with van der Waals surface area (Å²) >= 11 is 13.9. The lowest BCUT2D eigenvalue weighted by Gasteiger charge is -2.32. The van der Waals surface area contributed by atoms with Crippen LogP contribution in [0.25, 0.3) is 0 Å². The maximum absolute atomic E-state index is 13.6. The van der Waals surface area contributed by atoms with E-state index in [2.05, 4.69) is 5.32 Å². The number of halogens is 2. The number of thioether (sulfide) groups is 1. The Morgan fingerprint density at radius 2 is 1.50 bits per heavy atom. The van der Waals surface area contributed by atoms with E-state index in [1.165, 1.54) is 0 Å². The van der Waals surface area contributed by atoms with Crippen LogP contribution >= 0.6 is 35.0 Å². The molecule has 2 amide bonds. The monoisotopic (exact) mass is 542 g/mol. The van der Waals surface area contributed by atoms with Gasteiger partial charge in [-0.1, -0.05) is 104 Å². The van der Waals surface area contributed by atoms with E-state index in [0.29, 0.717) is 28.9 Å². The summed E-state index contributed by atoms with van der Waals surface area (Å²) in [6, 6.07) is 24.5. The lowest BCUT2D eigenvalue weighted by molar-refractivity contribution is -0.139. The average Bonchev–Trinajstić information content (AvgIpc) is 2.88. The molecule has 0 fully saturated rings. The summed E-state index contributed by atoms with van der Waals surface area (Å²) in [6.45, 7) is 4.90. The van der Waals surface area contributed by atoms with Gasteiger partial charge in [0.05, 0.1) is 15.8 Å². The summed E-state index contributed by atoms with van der Waals surface area (Å²) in [5.41, 5.74) is 2.97. The third kappa shape index (κ3) is 8.88. The largest absolute Gasteiger partial charge is 0.354 e. The van der Waals surface area contributed by atoms with Crippen LogP contribution in [0, 0.1) is 5.92 Å². The zero-order valence-corrected chi connectivity index (χ0v) is 23.0.